The molecule has 0 atom stereocenters. The van der Waals surface area contributed by atoms with Crippen LogP contribution in [0.3, 0.4) is 0 Å². The maximum atomic E-state index is 12.9. The summed E-state index contributed by atoms with van der Waals surface area (Å²) in [4.78, 5) is 0. The van der Waals surface area contributed by atoms with Crippen molar-refractivity contribution in [3.05, 3.63) is 29.6 Å². The lowest BCUT2D eigenvalue weighted by molar-refractivity contribution is 0.624. The highest BCUT2D eigenvalue weighted by Gasteiger charge is 1.97. The summed E-state index contributed by atoms with van der Waals surface area (Å²) in [6.07, 6.45) is 0. The van der Waals surface area contributed by atoms with Crippen molar-refractivity contribution in [3.8, 4) is 11.8 Å². The molecule has 4 N–H and O–H groups in total. The highest BCUT2D eigenvalue weighted by Crippen LogP contribution is 2.10. The molecule has 12 heavy (non-hydrogen) atoms. The maximum Gasteiger partial charge on any atom is 0.138 e. The first-order valence-corrected chi connectivity index (χ1v) is 3.48. The molecule has 0 radical (unpaired) electrons. The smallest absolute Gasteiger partial charge is 0.138 e. The lowest BCUT2D eigenvalue weighted by Gasteiger charge is -1.95. The molecule has 0 aliphatic heterocycles. The minimum Gasteiger partial charge on any atom is -0.399 e. The van der Waals surface area contributed by atoms with Crippen LogP contribution in [0.5, 0.6) is 0 Å². The molecule has 0 unspecified atom stereocenters. The van der Waals surface area contributed by atoms with Crippen molar-refractivity contribution in [2.45, 2.75) is 0 Å². The Kier molecular flexibility index (Phi) is 2.67. The third kappa shape index (κ3) is 1.97. The summed E-state index contributed by atoms with van der Waals surface area (Å²) in [5.41, 5.74) is 11.4. The quantitative estimate of drug-likeness (QED) is 0.438. The van der Waals surface area contributed by atoms with E-state index >= 15 is 0 Å². The van der Waals surface area contributed by atoms with E-state index in [1.807, 2.05) is 0 Å². The predicted octanol–water partition coefficient (Wildman–Crippen LogP) is 0.718. The van der Waals surface area contributed by atoms with Crippen molar-refractivity contribution in [1.82, 2.24) is 0 Å². The van der Waals surface area contributed by atoms with Gasteiger partial charge in [-0.05, 0) is 18.2 Å². The molecule has 0 aliphatic carbocycles. The zero-order valence-corrected chi connectivity index (χ0v) is 6.47. The molecule has 0 fully saturated rings. The van der Waals surface area contributed by atoms with E-state index in [4.69, 9.17) is 11.5 Å². The summed E-state index contributed by atoms with van der Waals surface area (Å²) in [5.74, 6) is 4.77. The number of benzene rings is 1. The van der Waals surface area contributed by atoms with Gasteiger partial charge in [-0.15, -0.1) is 0 Å². The van der Waals surface area contributed by atoms with Gasteiger partial charge in [0.1, 0.15) is 5.82 Å². The maximum absolute atomic E-state index is 12.9. The van der Waals surface area contributed by atoms with Crippen molar-refractivity contribution < 1.29 is 4.39 Å². The van der Waals surface area contributed by atoms with E-state index in [2.05, 4.69) is 11.8 Å². The van der Waals surface area contributed by atoms with E-state index in [0.29, 0.717) is 11.3 Å². The van der Waals surface area contributed by atoms with E-state index in [-0.39, 0.29) is 12.4 Å². The molecular formula is C9H9FN2. The third-order valence-corrected chi connectivity index (χ3v) is 1.32. The minimum atomic E-state index is -0.370. The molecule has 1 aromatic carbocycles. The van der Waals surface area contributed by atoms with Crippen LogP contribution in [-0.4, -0.2) is 6.54 Å². The molecule has 0 amide bonds. The molecular weight excluding hydrogens is 155 g/mol. The Bertz CT molecular complexity index is 336. The largest absolute Gasteiger partial charge is 0.399 e. The van der Waals surface area contributed by atoms with Crippen LogP contribution in [0, 0.1) is 17.7 Å². The molecule has 1 rings (SSSR count). The second-order valence-corrected chi connectivity index (χ2v) is 2.25. The fourth-order valence-corrected chi connectivity index (χ4v) is 0.785. The van der Waals surface area contributed by atoms with E-state index in [9.17, 15) is 4.39 Å². The van der Waals surface area contributed by atoms with Gasteiger partial charge in [0, 0.05) is 5.69 Å². The average molecular weight is 164 g/mol. The summed E-state index contributed by atoms with van der Waals surface area (Å²) in [6.45, 7) is 0.217. The lowest BCUT2D eigenvalue weighted by Crippen LogP contribution is -1.94. The number of nitrogen functional groups attached to an aromatic ring is 1. The summed E-state index contributed by atoms with van der Waals surface area (Å²) < 4.78 is 12.9. The second-order valence-electron chi connectivity index (χ2n) is 2.25. The van der Waals surface area contributed by atoms with Crippen LogP contribution in [0.4, 0.5) is 10.1 Å². The number of hydrogen-bond acceptors (Lipinski definition) is 2. The van der Waals surface area contributed by atoms with Gasteiger partial charge in [-0.2, -0.15) is 0 Å². The zero-order chi connectivity index (χ0) is 8.97. The first kappa shape index (κ1) is 8.57. The van der Waals surface area contributed by atoms with E-state index in [0.717, 1.165) is 0 Å². The number of hydrogen-bond donors (Lipinski definition) is 2. The number of nitrogens with two attached hydrogens (primary N) is 2. The van der Waals surface area contributed by atoms with Crippen LogP contribution in [0.25, 0.3) is 0 Å². The second kappa shape index (κ2) is 3.74. The summed E-state index contributed by atoms with van der Waals surface area (Å²) in [6, 6.07) is 4.26. The molecule has 1 aromatic rings. The van der Waals surface area contributed by atoms with Crippen molar-refractivity contribution in [1.29, 1.82) is 0 Å². The summed E-state index contributed by atoms with van der Waals surface area (Å²) >= 11 is 0. The summed E-state index contributed by atoms with van der Waals surface area (Å²) in [7, 11) is 0. The van der Waals surface area contributed by atoms with Crippen LogP contribution in [0.1, 0.15) is 5.56 Å². The standard InChI is InChI=1S/C9H9FN2/c10-9-4-3-8(12)6-7(9)2-1-5-11/h3-4,6H,5,11-12H2. The Balaban J connectivity index is 3.05. The molecule has 3 heteroatoms. The van der Waals surface area contributed by atoms with Crippen LogP contribution in [0.15, 0.2) is 18.2 Å². The molecule has 2 nitrogen and oxygen atoms in total. The van der Waals surface area contributed by atoms with Crippen LogP contribution >= 0.6 is 0 Å². The Morgan fingerprint density at radius 3 is 2.83 bits per heavy atom. The molecule has 0 bridgehead atoms. The van der Waals surface area contributed by atoms with Crippen molar-refractivity contribution in [2.75, 3.05) is 12.3 Å². The molecule has 0 spiro atoms. The first-order valence-electron chi connectivity index (χ1n) is 3.48. The van der Waals surface area contributed by atoms with Crippen LogP contribution in [0.2, 0.25) is 0 Å². The van der Waals surface area contributed by atoms with Crippen molar-refractivity contribution >= 4 is 5.69 Å². The van der Waals surface area contributed by atoms with Gasteiger partial charge < -0.3 is 11.5 Å². The normalized spacial score (nSPS) is 8.83. The van der Waals surface area contributed by atoms with E-state index in [1.165, 1.54) is 18.2 Å². The fourth-order valence-electron chi connectivity index (χ4n) is 0.785. The van der Waals surface area contributed by atoms with Gasteiger partial charge in [0.05, 0.1) is 12.1 Å². The SMILES string of the molecule is NCC#Cc1cc(N)ccc1F. The van der Waals surface area contributed by atoms with Gasteiger partial charge in [-0.25, -0.2) is 4.39 Å². The molecule has 0 aromatic heterocycles. The van der Waals surface area contributed by atoms with E-state index < -0.39 is 0 Å². The van der Waals surface area contributed by atoms with Gasteiger partial charge >= 0.3 is 0 Å². The molecule has 0 saturated heterocycles. The van der Waals surface area contributed by atoms with Gasteiger partial charge in [0.25, 0.3) is 0 Å². The minimum absolute atomic E-state index is 0.217. The Morgan fingerprint density at radius 2 is 2.17 bits per heavy atom. The van der Waals surface area contributed by atoms with Crippen LogP contribution in [-0.2, 0) is 0 Å². The predicted molar refractivity (Wildman–Crippen MR) is 46.7 cm³/mol. The first-order chi connectivity index (χ1) is 5.74. The average Bonchev–Trinajstić information content (AvgIpc) is 2.07. The zero-order valence-electron chi connectivity index (χ0n) is 6.47. The monoisotopic (exact) mass is 164 g/mol. The Hall–Kier alpha value is -1.53. The van der Waals surface area contributed by atoms with Crippen molar-refractivity contribution in [3.63, 3.8) is 0 Å². The van der Waals surface area contributed by atoms with Crippen LogP contribution < -0.4 is 11.5 Å². The van der Waals surface area contributed by atoms with E-state index in [1.54, 1.807) is 0 Å². The van der Waals surface area contributed by atoms with Gasteiger partial charge in [0.15, 0.2) is 0 Å². The lowest BCUT2D eigenvalue weighted by atomic mass is 10.2. The summed E-state index contributed by atoms with van der Waals surface area (Å²) in [5, 5.41) is 0. The van der Waals surface area contributed by atoms with Gasteiger partial charge in [-0.1, -0.05) is 11.8 Å². The molecule has 0 heterocycles. The molecule has 0 aliphatic rings. The highest BCUT2D eigenvalue weighted by atomic mass is 19.1. The van der Waals surface area contributed by atoms with Crippen molar-refractivity contribution in [2.24, 2.45) is 5.73 Å². The third-order valence-electron chi connectivity index (χ3n) is 1.32. The molecule has 62 valence electrons. The number of anilines is 1. The Labute approximate surface area is 70.4 Å². The van der Waals surface area contributed by atoms with Gasteiger partial charge in [0.2, 0.25) is 0 Å². The fraction of sp³-hybridized carbons (Fsp3) is 0.111. The highest BCUT2D eigenvalue weighted by molar-refractivity contribution is 5.47. The van der Waals surface area contributed by atoms with Gasteiger partial charge in [-0.3, -0.25) is 0 Å². The molecule has 0 saturated carbocycles. The number of halogens is 1. The topological polar surface area (TPSA) is 52.0 Å². The Morgan fingerprint density at radius 1 is 1.42 bits per heavy atom. The number of rotatable bonds is 0.